The molecule has 0 spiro atoms. The molecule has 0 aromatic heterocycles. The highest BCUT2D eigenvalue weighted by atomic mass is 16.3. The van der Waals surface area contributed by atoms with Crippen molar-refractivity contribution in [3.63, 3.8) is 0 Å². The normalized spacial score (nSPS) is 30.3. The second-order valence-electron chi connectivity index (χ2n) is 2.58. The molecule has 0 fully saturated rings. The number of hydrogen-bond acceptors (Lipinski definition) is 3. The van der Waals surface area contributed by atoms with Crippen LogP contribution in [0.5, 0.6) is 0 Å². The summed E-state index contributed by atoms with van der Waals surface area (Å²) in [7, 11) is 0. The van der Waals surface area contributed by atoms with Crippen molar-refractivity contribution in [3.05, 3.63) is 23.5 Å². The van der Waals surface area contributed by atoms with Crippen LogP contribution in [-0.2, 0) is 0 Å². The van der Waals surface area contributed by atoms with Gasteiger partial charge in [0, 0.05) is 0 Å². The highest BCUT2D eigenvalue weighted by Crippen LogP contribution is 2.21. The summed E-state index contributed by atoms with van der Waals surface area (Å²) in [6.07, 6.45) is 2.17. The Bertz CT molecular complexity index is 260. The van der Waals surface area contributed by atoms with Gasteiger partial charge in [-0.05, 0) is 18.6 Å². The SMILES string of the molecule is CC1=CC(O)C(C#N)C(O)=C1. The van der Waals surface area contributed by atoms with E-state index in [1.54, 1.807) is 13.0 Å². The zero-order valence-corrected chi connectivity index (χ0v) is 6.15. The fraction of sp³-hybridized carbons (Fsp3) is 0.375. The zero-order valence-electron chi connectivity index (χ0n) is 6.15. The Hall–Kier alpha value is -1.27. The fourth-order valence-electron chi connectivity index (χ4n) is 1.05. The van der Waals surface area contributed by atoms with Crippen molar-refractivity contribution >= 4 is 0 Å². The van der Waals surface area contributed by atoms with Gasteiger partial charge in [-0.1, -0.05) is 6.08 Å². The van der Waals surface area contributed by atoms with E-state index < -0.39 is 12.0 Å². The first-order valence-corrected chi connectivity index (χ1v) is 3.32. The van der Waals surface area contributed by atoms with Crippen LogP contribution in [0.25, 0.3) is 0 Å². The van der Waals surface area contributed by atoms with Gasteiger partial charge in [-0.3, -0.25) is 0 Å². The molecule has 0 saturated heterocycles. The van der Waals surface area contributed by atoms with Crippen LogP contribution in [0.15, 0.2) is 23.5 Å². The third-order valence-electron chi connectivity index (χ3n) is 1.61. The van der Waals surface area contributed by atoms with Crippen LogP contribution in [0.4, 0.5) is 0 Å². The van der Waals surface area contributed by atoms with E-state index >= 15 is 0 Å². The van der Waals surface area contributed by atoms with E-state index in [2.05, 4.69) is 0 Å². The smallest absolute Gasteiger partial charge is 0.133 e. The van der Waals surface area contributed by atoms with E-state index in [4.69, 9.17) is 10.4 Å². The number of hydrogen-bond donors (Lipinski definition) is 2. The molecule has 0 amide bonds. The minimum atomic E-state index is -0.870. The summed E-state index contributed by atoms with van der Waals surface area (Å²) in [6, 6.07) is 1.81. The Labute approximate surface area is 64.9 Å². The molecule has 0 bridgehead atoms. The van der Waals surface area contributed by atoms with Crippen molar-refractivity contribution in [1.82, 2.24) is 0 Å². The molecule has 3 heteroatoms. The molecule has 0 aromatic carbocycles. The molecule has 2 unspecified atom stereocenters. The van der Waals surface area contributed by atoms with E-state index in [1.165, 1.54) is 6.08 Å². The van der Waals surface area contributed by atoms with Gasteiger partial charge >= 0.3 is 0 Å². The predicted octanol–water partition coefficient (Wildman–Crippen LogP) is 0.889. The first-order valence-electron chi connectivity index (χ1n) is 3.32. The van der Waals surface area contributed by atoms with Crippen molar-refractivity contribution in [1.29, 1.82) is 5.26 Å². The van der Waals surface area contributed by atoms with Gasteiger partial charge in [0.2, 0.25) is 0 Å². The quantitative estimate of drug-likeness (QED) is 0.540. The van der Waals surface area contributed by atoms with Crippen molar-refractivity contribution < 1.29 is 10.2 Å². The van der Waals surface area contributed by atoms with Crippen LogP contribution in [0.1, 0.15) is 6.92 Å². The molecule has 1 aliphatic rings. The van der Waals surface area contributed by atoms with Gasteiger partial charge < -0.3 is 10.2 Å². The van der Waals surface area contributed by atoms with Gasteiger partial charge in [0.15, 0.2) is 0 Å². The molecule has 0 aromatic rings. The maximum Gasteiger partial charge on any atom is 0.133 e. The van der Waals surface area contributed by atoms with Gasteiger partial charge in [0.1, 0.15) is 11.7 Å². The lowest BCUT2D eigenvalue weighted by atomic mass is 9.94. The van der Waals surface area contributed by atoms with Crippen LogP contribution in [0.2, 0.25) is 0 Å². The summed E-state index contributed by atoms with van der Waals surface area (Å²) in [5.74, 6) is -0.848. The largest absolute Gasteiger partial charge is 0.511 e. The summed E-state index contributed by atoms with van der Waals surface area (Å²) >= 11 is 0. The minimum Gasteiger partial charge on any atom is -0.511 e. The molecule has 1 aliphatic carbocycles. The van der Waals surface area contributed by atoms with Gasteiger partial charge in [0.25, 0.3) is 0 Å². The molecule has 1 rings (SSSR count). The Morgan fingerprint density at radius 3 is 2.73 bits per heavy atom. The lowest BCUT2D eigenvalue weighted by molar-refractivity contribution is 0.164. The lowest BCUT2D eigenvalue weighted by Crippen LogP contribution is -2.21. The van der Waals surface area contributed by atoms with Crippen molar-refractivity contribution in [2.45, 2.75) is 13.0 Å². The number of aliphatic hydroxyl groups excluding tert-OH is 2. The Kier molecular flexibility index (Phi) is 1.97. The first kappa shape index (κ1) is 7.83. The van der Waals surface area contributed by atoms with E-state index in [0.29, 0.717) is 0 Å². The molecular formula is C8H9NO2. The molecule has 11 heavy (non-hydrogen) atoms. The summed E-state index contributed by atoms with van der Waals surface area (Å²) in [5.41, 5.74) is 0.779. The maximum absolute atomic E-state index is 9.21. The van der Waals surface area contributed by atoms with E-state index in [0.717, 1.165) is 5.57 Å². The number of nitrogens with zero attached hydrogens (tertiary/aromatic N) is 1. The summed E-state index contributed by atoms with van der Waals surface area (Å²) in [4.78, 5) is 0. The predicted molar refractivity (Wildman–Crippen MR) is 39.6 cm³/mol. The Balaban J connectivity index is 2.93. The van der Waals surface area contributed by atoms with Gasteiger partial charge in [-0.2, -0.15) is 5.26 Å². The van der Waals surface area contributed by atoms with E-state index in [9.17, 15) is 5.11 Å². The molecule has 0 radical (unpaired) electrons. The molecule has 0 saturated carbocycles. The summed E-state index contributed by atoms with van der Waals surface area (Å²) in [5, 5.41) is 26.8. The highest BCUT2D eigenvalue weighted by molar-refractivity contribution is 5.30. The molecule has 0 aliphatic heterocycles. The molecule has 2 N–H and O–H groups in total. The third kappa shape index (κ3) is 1.41. The van der Waals surface area contributed by atoms with E-state index in [1.807, 2.05) is 6.07 Å². The van der Waals surface area contributed by atoms with Crippen LogP contribution in [0.3, 0.4) is 0 Å². The second-order valence-corrected chi connectivity index (χ2v) is 2.58. The fourth-order valence-corrected chi connectivity index (χ4v) is 1.05. The summed E-state index contributed by atoms with van der Waals surface area (Å²) < 4.78 is 0. The second kappa shape index (κ2) is 2.77. The molecule has 0 heterocycles. The average molecular weight is 151 g/mol. The topological polar surface area (TPSA) is 64.2 Å². The van der Waals surface area contributed by atoms with Crippen molar-refractivity contribution in [2.24, 2.45) is 5.92 Å². The van der Waals surface area contributed by atoms with Crippen LogP contribution in [0, 0.1) is 17.2 Å². The number of aliphatic hydroxyl groups is 2. The van der Waals surface area contributed by atoms with Crippen molar-refractivity contribution in [3.8, 4) is 6.07 Å². The molecule has 2 atom stereocenters. The molecule has 58 valence electrons. The zero-order chi connectivity index (χ0) is 8.43. The monoisotopic (exact) mass is 151 g/mol. The van der Waals surface area contributed by atoms with Gasteiger partial charge in [0.05, 0.1) is 12.2 Å². The van der Waals surface area contributed by atoms with Crippen LogP contribution >= 0.6 is 0 Å². The average Bonchev–Trinajstić information content (AvgIpc) is 1.85. The molecule has 3 nitrogen and oxygen atoms in total. The Morgan fingerprint density at radius 1 is 1.64 bits per heavy atom. The van der Waals surface area contributed by atoms with E-state index in [-0.39, 0.29) is 5.76 Å². The Morgan fingerprint density at radius 2 is 2.27 bits per heavy atom. The standard InChI is InChI=1S/C8H9NO2/c1-5-2-7(10)6(4-9)8(11)3-5/h2-3,6-7,10-11H,1H3. The minimum absolute atomic E-state index is 0.0556. The summed E-state index contributed by atoms with van der Waals surface area (Å²) in [6.45, 7) is 1.76. The van der Waals surface area contributed by atoms with Crippen LogP contribution < -0.4 is 0 Å². The lowest BCUT2D eigenvalue weighted by Gasteiger charge is -2.17. The highest BCUT2D eigenvalue weighted by Gasteiger charge is 2.24. The third-order valence-corrected chi connectivity index (χ3v) is 1.61. The maximum atomic E-state index is 9.21. The van der Waals surface area contributed by atoms with Crippen molar-refractivity contribution in [2.75, 3.05) is 0 Å². The number of nitriles is 1. The molecular weight excluding hydrogens is 142 g/mol. The first-order chi connectivity index (χ1) is 5.15. The van der Waals surface area contributed by atoms with Gasteiger partial charge in [-0.25, -0.2) is 0 Å². The number of rotatable bonds is 0. The van der Waals surface area contributed by atoms with Gasteiger partial charge in [-0.15, -0.1) is 0 Å². The van der Waals surface area contributed by atoms with Crippen LogP contribution in [-0.4, -0.2) is 16.3 Å². The number of allylic oxidation sites excluding steroid dienone is 2.